The molecule has 1 heterocycles. The number of aromatic nitrogens is 1. The monoisotopic (exact) mass is 351 g/mol. The van der Waals surface area contributed by atoms with Crippen LogP contribution in [0.15, 0.2) is 33.3 Å². The topological polar surface area (TPSA) is 67.2 Å². The largest absolute Gasteiger partial charge is 0.354 e. The predicted octanol–water partition coefficient (Wildman–Crippen LogP) is 4.33. The van der Waals surface area contributed by atoms with Crippen LogP contribution >= 0.6 is 15.9 Å². The molecule has 112 valence electrons. The number of aryl methyl sites for hydroxylation is 1. The summed E-state index contributed by atoms with van der Waals surface area (Å²) >= 11 is 3.39. The molecule has 1 aromatic carbocycles. The number of nitrogens with zero attached hydrogens (tertiary/aromatic N) is 1. The first-order chi connectivity index (χ1) is 9.76. The van der Waals surface area contributed by atoms with Crippen molar-refractivity contribution in [1.82, 2.24) is 10.5 Å². The van der Waals surface area contributed by atoms with Gasteiger partial charge in [0.1, 0.15) is 11.4 Å². The molecule has 5 nitrogen and oxygen atoms in total. The fraction of sp³-hybridized carbons (Fsp3) is 0.333. The van der Waals surface area contributed by atoms with Gasteiger partial charge in [-0.1, -0.05) is 21.1 Å². The molecular formula is C15H18BrN3O2. The number of anilines is 1. The maximum Gasteiger partial charge on any atom is 0.319 e. The van der Waals surface area contributed by atoms with Crippen LogP contribution in [0.25, 0.3) is 11.3 Å². The van der Waals surface area contributed by atoms with E-state index in [0.717, 1.165) is 10.0 Å². The van der Waals surface area contributed by atoms with Crippen molar-refractivity contribution >= 4 is 27.6 Å². The molecule has 2 rings (SSSR count). The molecule has 2 N–H and O–H groups in total. The van der Waals surface area contributed by atoms with E-state index in [1.807, 2.05) is 45.0 Å². The normalized spacial score (nSPS) is 11.3. The number of carbonyl (C=O) groups is 1. The summed E-state index contributed by atoms with van der Waals surface area (Å²) in [4.78, 5) is 12.0. The first-order valence-corrected chi connectivity index (χ1v) is 7.37. The van der Waals surface area contributed by atoms with Gasteiger partial charge < -0.3 is 15.2 Å². The molecule has 0 unspecified atom stereocenters. The van der Waals surface area contributed by atoms with Crippen molar-refractivity contribution in [2.45, 2.75) is 33.2 Å². The van der Waals surface area contributed by atoms with Crippen LogP contribution < -0.4 is 10.6 Å². The van der Waals surface area contributed by atoms with E-state index in [0.29, 0.717) is 17.1 Å². The number of hydrogen-bond acceptors (Lipinski definition) is 3. The van der Waals surface area contributed by atoms with Crippen LogP contribution in [0.3, 0.4) is 0 Å². The van der Waals surface area contributed by atoms with Gasteiger partial charge in [-0.3, -0.25) is 0 Å². The number of amides is 2. The Hall–Kier alpha value is -1.82. The van der Waals surface area contributed by atoms with Gasteiger partial charge in [-0.2, -0.15) is 0 Å². The predicted molar refractivity (Wildman–Crippen MR) is 86.3 cm³/mol. The third kappa shape index (κ3) is 4.07. The van der Waals surface area contributed by atoms with Gasteiger partial charge in [0.15, 0.2) is 5.76 Å². The van der Waals surface area contributed by atoms with Crippen molar-refractivity contribution in [2.24, 2.45) is 0 Å². The molecule has 0 atom stereocenters. The molecule has 0 aliphatic rings. The molecular weight excluding hydrogens is 334 g/mol. The summed E-state index contributed by atoms with van der Waals surface area (Å²) in [6.07, 6.45) is 0. The number of halogens is 1. The molecule has 2 aromatic rings. The van der Waals surface area contributed by atoms with Gasteiger partial charge in [0, 0.05) is 15.6 Å². The average molecular weight is 352 g/mol. The molecule has 21 heavy (non-hydrogen) atoms. The number of urea groups is 1. The first kappa shape index (κ1) is 15.6. The quantitative estimate of drug-likeness (QED) is 0.845. The molecule has 0 saturated carbocycles. The summed E-state index contributed by atoms with van der Waals surface area (Å²) in [6, 6.07) is 7.33. The van der Waals surface area contributed by atoms with Gasteiger partial charge in [-0.05, 0) is 52.0 Å². The van der Waals surface area contributed by atoms with Gasteiger partial charge in [0.25, 0.3) is 0 Å². The summed E-state index contributed by atoms with van der Waals surface area (Å²) in [6.45, 7) is 7.55. The maximum absolute atomic E-state index is 12.0. The highest BCUT2D eigenvalue weighted by molar-refractivity contribution is 9.10. The van der Waals surface area contributed by atoms with Crippen LogP contribution in [0, 0.1) is 6.92 Å². The fourth-order valence-corrected chi connectivity index (χ4v) is 2.06. The van der Waals surface area contributed by atoms with Crippen molar-refractivity contribution in [3.05, 3.63) is 34.4 Å². The number of rotatable bonds is 2. The lowest BCUT2D eigenvalue weighted by molar-refractivity contribution is 0.244. The van der Waals surface area contributed by atoms with Crippen LogP contribution in [-0.2, 0) is 0 Å². The van der Waals surface area contributed by atoms with Crippen molar-refractivity contribution in [1.29, 1.82) is 0 Å². The zero-order valence-corrected chi connectivity index (χ0v) is 14.0. The zero-order chi connectivity index (χ0) is 15.6. The Balaban J connectivity index is 2.26. The molecule has 0 fully saturated rings. The molecule has 0 aliphatic heterocycles. The molecule has 0 saturated heterocycles. The van der Waals surface area contributed by atoms with Crippen LogP contribution in [0.2, 0.25) is 0 Å². The minimum Gasteiger partial charge on any atom is -0.354 e. The molecule has 1 aromatic heterocycles. The van der Waals surface area contributed by atoms with E-state index < -0.39 is 0 Å². The minimum absolute atomic E-state index is 0.285. The smallest absolute Gasteiger partial charge is 0.319 e. The summed E-state index contributed by atoms with van der Waals surface area (Å²) in [5.74, 6) is 0.545. The molecule has 0 spiro atoms. The maximum atomic E-state index is 12.0. The van der Waals surface area contributed by atoms with Crippen molar-refractivity contribution < 1.29 is 9.32 Å². The van der Waals surface area contributed by atoms with E-state index in [1.54, 1.807) is 6.92 Å². The standard InChI is InChI=1S/C15H18BrN3O2/c1-9-12(17-14(20)18-15(2,3)4)13(21-19-9)10-5-7-11(16)8-6-10/h5-8H,1-4H3,(H2,17,18,20). The van der Waals surface area contributed by atoms with Gasteiger partial charge in [0.2, 0.25) is 0 Å². The minimum atomic E-state index is -0.313. The average Bonchev–Trinajstić information content (AvgIpc) is 2.70. The molecule has 6 heteroatoms. The van der Waals surface area contributed by atoms with Crippen LogP contribution in [-0.4, -0.2) is 16.7 Å². The second kappa shape index (κ2) is 5.89. The Labute approximate surface area is 132 Å². The Morgan fingerprint density at radius 2 is 1.86 bits per heavy atom. The van der Waals surface area contributed by atoms with E-state index in [9.17, 15) is 4.79 Å². The van der Waals surface area contributed by atoms with E-state index in [4.69, 9.17) is 4.52 Å². The third-order valence-corrected chi connectivity index (χ3v) is 3.22. The van der Waals surface area contributed by atoms with Gasteiger partial charge in [-0.15, -0.1) is 0 Å². The number of benzene rings is 1. The van der Waals surface area contributed by atoms with E-state index >= 15 is 0 Å². The third-order valence-electron chi connectivity index (χ3n) is 2.70. The number of nitrogens with one attached hydrogen (secondary N) is 2. The Kier molecular flexibility index (Phi) is 4.37. The Morgan fingerprint density at radius 3 is 2.43 bits per heavy atom. The number of carbonyl (C=O) groups excluding carboxylic acids is 1. The van der Waals surface area contributed by atoms with E-state index in [2.05, 4.69) is 31.7 Å². The van der Waals surface area contributed by atoms with Crippen LogP contribution in [0.5, 0.6) is 0 Å². The van der Waals surface area contributed by atoms with Gasteiger partial charge >= 0.3 is 6.03 Å². The van der Waals surface area contributed by atoms with E-state index in [1.165, 1.54) is 0 Å². The van der Waals surface area contributed by atoms with Gasteiger partial charge in [-0.25, -0.2) is 4.79 Å². The van der Waals surface area contributed by atoms with Crippen molar-refractivity contribution in [2.75, 3.05) is 5.32 Å². The lowest BCUT2D eigenvalue weighted by Gasteiger charge is -2.20. The SMILES string of the molecule is Cc1noc(-c2ccc(Br)cc2)c1NC(=O)NC(C)(C)C. The Morgan fingerprint density at radius 1 is 1.24 bits per heavy atom. The van der Waals surface area contributed by atoms with Crippen LogP contribution in [0.1, 0.15) is 26.5 Å². The molecule has 0 aliphatic carbocycles. The lowest BCUT2D eigenvalue weighted by Crippen LogP contribution is -2.43. The highest BCUT2D eigenvalue weighted by Crippen LogP contribution is 2.31. The van der Waals surface area contributed by atoms with Gasteiger partial charge in [0.05, 0.1) is 0 Å². The second-order valence-corrected chi connectivity index (χ2v) is 6.72. The first-order valence-electron chi connectivity index (χ1n) is 6.57. The summed E-state index contributed by atoms with van der Waals surface area (Å²) in [7, 11) is 0. The van der Waals surface area contributed by atoms with Crippen LogP contribution in [0.4, 0.5) is 10.5 Å². The molecule has 0 radical (unpaired) electrons. The second-order valence-electron chi connectivity index (χ2n) is 5.81. The zero-order valence-electron chi connectivity index (χ0n) is 12.5. The summed E-state index contributed by atoms with van der Waals surface area (Å²) in [5, 5.41) is 9.59. The molecule has 2 amide bonds. The summed E-state index contributed by atoms with van der Waals surface area (Å²) in [5.41, 5.74) is 1.76. The van der Waals surface area contributed by atoms with Crippen molar-refractivity contribution in [3.8, 4) is 11.3 Å². The fourth-order valence-electron chi connectivity index (χ4n) is 1.80. The lowest BCUT2D eigenvalue weighted by atomic mass is 10.1. The molecule has 0 bridgehead atoms. The highest BCUT2D eigenvalue weighted by atomic mass is 79.9. The highest BCUT2D eigenvalue weighted by Gasteiger charge is 2.20. The van der Waals surface area contributed by atoms with E-state index in [-0.39, 0.29) is 11.6 Å². The van der Waals surface area contributed by atoms with Crippen molar-refractivity contribution in [3.63, 3.8) is 0 Å². The number of hydrogen-bond donors (Lipinski definition) is 2. The Bertz CT molecular complexity index is 642. The summed E-state index contributed by atoms with van der Waals surface area (Å²) < 4.78 is 6.32.